The Balaban J connectivity index is 2.96. The van der Waals surface area contributed by atoms with Crippen molar-refractivity contribution in [2.45, 2.75) is 148 Å². The number of allylic oxidation sites excluding steroid dienone is 1. The molecule has 0 aliphatic heterocycles. The second-order valence-electron chi connectivity index (χ2n) is 8.30. The largest absolute Gasteiger partial charge is 0.0845 e. The lowest BCUT2D eigenvalue weighted by molar-refractivity contribution is 0.520. The number of unbranched alkanes of at least 4 members (excludes halogenated alkanes) is 22. The number of hydrogen-bond acceptors (Lipinski definition) is 0. The molecule has 0 atom stereocenters. The molecule has 26 heavy (non-hydrogen) atoms. The van der Waals surface area contributed by atoms with Crippen LogP contribution >= 0.6 is 0 Å². The van der Waals surface area contributed by atoms with Crippen molar-refractivity contribution in [2.75, 3.05) is 0 Å². The second-order valence-corrected chi connectivity index (χ2v) is 8.30. The van der Waals surface area contributed by atoms with E-state index < -0.39 is 0 Å². The van der Waals surface area contributed by atoms with Gasteiger partial charge < -0.3 is 0 Å². The molecule has 0 heteroatoms. The van der Waals surface area contributed by atoms with E-state index in [2.05, 4.69) is 6.92 Å². The average molecular weight is 363 g/mol. The Hall–Kier alpha value is -0.260. The molecule has 0 aromatic heterocycles. The highest BCUT2D eigenvalue weighted by molar-refractivity contribution is 4.61. The summed E-state index contributed by atoms with van der Waals surface area (Å²) in [7, 11) is 0. The molecule has 0 unspecified atom stereocenters. The Morgan fingerprint density at radius 3 is 0.846 bits per heavy atom. The van der Waals surface area contributed by atoms with E-state index in [1.165, 1.54) is 135 Å². The van der Waals surface area contributed by atoms with Crippen LogP contribution in [0.25, 0.3) is 0 Å². The Labute approximate surface area is 167 Å². The summed E-state index contributed by atoms with van der Waals surface area (Å²) in [5.41, 5.74) is 0. The molecule has 0 saturated heterocycles. The zero-order valence-electron chi connectivity index (χ0n) is 18.1. The van der Waals surface area contributed by atoms with Gasteiger partial charge >= 0.3 is 0 Å². The molecular weight excluding hydrogens is 312 g/mol. The summed E-state index contributed by atoms with van der Waals surface area (Å²) in [6, 6.07) is 0. The van der Waals surface area contributed by atoms with Crippen LogP contribution in [0.3, 0.4) is 0 Å². The molecule has 2 radical (unpaired) electrons. The van der Waals surface area contributed by atoms with Crippen LogP contribution in [-0.2, 0) is 0 Å². The topological polar surface area (TPSA) is 0 Å². The van der Waals surface area contributed by atoms with Gasteiger partial charge in [0.1, 0.15) is 0 Å². The maximum Gasteiger partial charge on any atom is -0.0348 e. The molecule has 0 nitrogen and oxygen atoms in total. The van der Waals surface area contributed by atoms with Crippen molar-refractivity contribution in [2.24, 2.45) is 0 Å². The van der Waals surface area contributed by atoms with Gasteiger partial charge in [-0.2, -0.15) is 0 Å². The highest BCUT2D eigenvalue weighted by atomic mass is 14.0. The Bertz CT molecular complexity index is 242. The first-order valence-corrected chi connectivity index (χ1v) is 12.2. The van der Waals surface area contributed by atoms with E-state index in [0.717, 1.165) is 12.8 Å². The smallest absolute Gasteiger partial charge is 0.0348 e. The van der Waals surface area contributed by atoms with E-state index in [4.69, 9.17) is 6.58 Å². The summed E-state index contributed by atoms with van der Waals surface area (Å²) in [5, 5.41) is 0. The zero-order valence-corrected chi connectivity index (χ0v) is 18.1. The average Bonchev–Trinajstić information content (AvgIpc) is 2.66. The van der Waals surface area contributed by atoms with Gasteiger partial charge in [-0.25, -0.2) is 0 Å². The van der Waals surface area contributed by atoms with Crippen LogP contribution in [0, 0.1) is 13.5 Å². The summed E-state index contributed by atoms with van der Waals surface area (Å²) in [5.74, 6) is 0. The molecule has 154 valence electrons. The van der Waals surface area contributed by atoms with Crippen LogP contribution in [0.1, 0.15) is 148 Å². The maximum atomic E-state index is 5.39. The summed E-state index contributed by atoms with van der Waals surface area (Å²) in [6.45, 7) is 9.30. The third kappa shape index (κ3) is 23.7. The third-order valence-electron chi connectivity index (χ3n) is 5.62. The molecule has 0 heterocycles. The van der Waals surface area contributed by atoms with Gasteiger partial charge in [0, 0.05) is 0 Å². The molecule has 0 bridgehead atoms. The van der Waals surface area contributed by atoms with E-state index in [-0.39, 0.29) is 0 Å². The van der Waals surface area contributed by atoms with E-state index in [0.29, 0.717) is 0 Å². The van der Waals surface area contributed by atoms with Gasteiger partial charge in [0.05, 0.1) is 0 Å². The Kier molecular flexibility index (Phi) is 24.5. The molecule has 0 aliphatic carbocycles. The van der Waals surface area contributed by atoms with Crippen molar-refractivity contribution in [3.05, 3.63) is 19.6 Å². The highest BCUT2D eigenvalue weighted by Crippen LogP contribution is 2.15. The van der Waals surface area contributed by atoms with Crippen molar-refractivity contribution in [3.63, 3.8) is 0 Å². The van der Waals surface area contributed by atoms with Crippen molar-refractivity contribution in [3.8, 4) is 0 Å². The van der Waals surface area contributed by atoms with Crippen LogP contribution in [0.4, 0.5) is 0 Å². The summed E-state index contributed by atoms with van der Waals surface area (Å²) in [4.78, 5) is 0. The van der Waals surface area contributed by atoms with Gasteiger partial charge in [-0.1, -0.05) is 154 Å². The maximum absolute atomic E-state index is 5.39. The minimum Gasteiger partial charge on any atom is -0.0845 e. The molecule has 0 aromatic carbocycles. The Morgan fingerprint density at radius 1 is 0.385 bits per heavy atom. The van der Waals surface area contributed by atoms with Crippen LogP contribution in [0.5, 0.6) is 0 Å². The monoisotopic (exact) mass is 362 g/mol. The zero-order chi connectivity index (χ0) is 19.0. The molecule has 0 N–H and O–H groups in total. The van der Waals surface area contributed by atoms with Crippen LogP contribution in [-0.4, -0.2) is 0 Å². The molecule has 0 rings (SSSR count). The minimum atomic E-state index is 1.09. The molecule has 0 saturated carbocycles. The predicted molar refractivity (Wildman–Crippen MR) is 120 cm³/mol. The molecule has 0 fully saturated rings. The van der Waals surface area contributed by atoms with Crippen molar-refractivity contribution in [1.29, 1.82) is 0 Å². The lowest BCUT2D eigenvalue weighted by Crippen LogP contribution is -1.84. The quantitative estimate of drug-likeness (QED) is 0.159. The molecule has 0 amide bonds. The fourth-order valence-corrected chi connectivity index (χ4v) is 3.80. The summed E-state index contributed by atoms with van der Waals surface area (Å²) < 4.78 is 0. The van der Waals surface area contributed by atoms with Crippen molar-refractivity contribution < 1.29 is 0 Å². The van der Waals surface area contributed by atoms with Crippen molar-refractivity contribution >= 4 is 0 Å². The predicted octanol–water partition coefficient (Wildman–Crippen LogP) is 9.78. The van der Waals surface area contributed by atoms with Crippen LogP contribution < -0.4 is 0 Å². The van der Waals surface area contributed by atoms with Gasteiger partial charge in [0.2, 0.25) is 0 Å². The van der Waals surface area contributed by atoms with E-state index in [1.54, 1.807) is 6.08 Å². The fraction of sp³-hybridized carbons (Fsp3) is 0.885. The fourth-order valence-electron chi connectivity index (χ4n) is 3.80. The van der Waals surface area contributed by atoms with Gasteiger partial charge in [-0.05, 0) is 12.8 Å². The van der Waals surface area contributed by atoms with Gasteiger partial charge in [-0.15, -0.1) is 0 Å². The first-order chi connectivity index (χ1) is 12.9. The SMILES string of the molecule is [CH]=CCCCCCCCCCCCCCCCCCCCCCCC[CH2]. The normalized spacial score (nSPS) is 11.1. The van der Waals surface area contributed by atoms with E-state index in [9.17, 15) is 0 Å². The molecular formula is C26H50. The van der Waals surface area contributed by atoms with E-state index in [1.807, 2.05) is 0 Å². The third-order valence-corrected chi connectivity index (χ3v) is 5.62. The lowest BCUT2D eigenvalue weighted by Gasteiger charge is -2.04. The highest BCUT2D eigenvalue weighted by Gasteiger charge is 1.95. The molecule has 0 aliphatic rings. The van der Waals surface area contributed by atoms with Crippen LogP contribution in [0.15, 0.2) is 6.08 Å². The van der Waals surface area contributed by atoms with E-state index >= 15 is 0 Å². The molecule has 0 aromatic rings. The second kappa shape index (κ2) is 24.7. The minimum absolute atomic E-state index is 1.09. The van der Waals surface area contributed by atoms with Gasteiger partial charge in [0.25, 0.3) is 0 Å². The first kappa shape index (κ1) is 25.7. The lowest BCUT2D eigenvalue weighted by atomic mass is 10.0. The standard InChI is InChI=1S/C26H50/c1-3-5-7-9-11-13-15-17-19-21-23-25-26-24-22-20-18-16-14-12-10-8-6-4-2/h1,3H,2,4-26H2. The van der Waals surface area contributed by atoms with Crippen molar-refractivity contribution in [1.82, 2.24) is 0 Å². The number of hydrogen-bond donors (Lipinski definition) is 0. The number of rotatable bonds is 23. The first-order valence-electron chi connectivity index (χ1n) is 12.2. The summed E-state index contributed by atoms with van der Waals surface area (Å²) in [6.07, 6.45) is 34.2. The Morgan fingerprint density at radius 2 is 0.615 bits per heavy atom. The summed E-state index contributed by atoms with van der Waals surface area (Å²) >= 11 is 0. The molecule has 0 spiro atoms. The van der Waals surface area contributed by atoms with Crippen LogP contribution in [0.2, 0.25) is 0 Å². The van der Waals surface area contributed by atoms with Gasteiger partial charge in [-0.3, -0.25) is 0 Å². The van der Waals surface area contributed by atoms with Gasteiger partial charge in [0.15, 0.2) is 0 Å².